The van der Waals surface area contributed by atoms with Gasteiger partial charge >= 0.3 is 0 Å². The van der Waals surface area contributed by atoms with Crippen molar-refractivity contribution in [3.63, 3.8) is 0 Å². The number of benzene rings is 1. The van der Waals surface area contributed by atoms with Crippen LogP contribution in [0, 0.1) is 12.7 Å². The van der Waals surface area contributed by atoms with Gasteiger partial charge < -0.3 is 10.2 Å². The van der Waals surface area contributed by atoms with Crippen molar-refractivity contribution < 1.29 is 9.18 Å². The van der Waals surface area contributed by atoms with Gasteiger partial charge in [0.25, 0.3) is 0 Å². The molecule has 2 heterocycles. The predicted octanol–water partition coefficient (Wildman–Crippen LogP) is 2.74. The first-order valence-corrected chi connectivity index (χ1v) is 8.89. The van der Waals surface area contributed by atoms with Gasteiger partial charge in [0.2, 0.25) is 5.91 Å². The number of halogens is 1. The highest BCUT2D eigenvalue weighted by Crippen LogP contribution is 2.22. The van der Waals surface area contributed by atoms with E-state index in [-0.39, 0.29) is 17.6 Å². The Morgan fingerprint density at radius 1 is 1.29 bits per heavy atom. The number of anilines is 2. The van der Waals surface area contributed by atoms with E-state index in [2.05, 4.69) is 20.1 Å². The molecule has 2 aromatic rings. The normalized spacial score (nSPS) is 16.9. The third-order valence-electron chi connectivity index (χ3n) is 4.25. The van der Waals surface area contributed by atoms with Crippen LogP contribution in [0.5, 0.6) is 0 Å². The Bertz CT molecular complexity index is 712. The Kier molecular flexibility index (Phi) is 5.11. The Balaban J connectivity index is 1.55. The van der Waals surface area contributed by atoms with Crippen LogP contribution in [0.15, 0.2) is 29.6 Å². The molecule has 5 nitrogen and oxygen atoms in total. The number of hydrogen-bond acceptors (Lipinski definition) is 5. The lowest BCUT2D eigenvalue weighted by Gasteiger charge is -2.37. The van der Waals surface area contributed by atoms with Gasteiger partial charge in [-0.3, -0.25) is 9.69 Å². The molecule has 7 heteroatoms. The summed E-state index contributed by atoms with van der Waals surface area (Å²) in [7, 11) is 0. The lowest BCUT2D eigenvalue weighted by Crippen LogP contribution is -2.52. The lowest BCUT2D eigenvalue weighted by atomic mass is 10.2. The topological polar surface area (TPSA) is 48.5 Å². The van der Waals surface area contributed by atoms with Crippen molar-refractivity contribution in [3.05, 3.63) is 41.2 Å². The fraction of sp³-hybridized carbons (Fsp3) is 0.412. The van der Waals surface area contributed by atoms with Crippen molar-refractivity contribution in [3.8, 4) is 0 Å². The van der Waals surface area contributed by atoms with Crippen LogP contribution in [0.1, 0.15) is 12.6 Å². The molecule has 1 aliphatic rings. The van der Waals surface area contributed by atoms with Gasteiger partial charge in [0.1, 0.15) is 5.82 Å². The van der Waals surface area contributed by atoms with Crippen molar-refractivity contribution >= 4 is 28.1 Å². The molecule has 0 spiro atoms. The summed E-state index contributed by atoms with van der Waals surface area (Å²) >= 11 is 1.65. The van der Waals surface area contributed by atoms with E-state index >= 15 is 0 Å². The van der Waals surface area contributed by atoms with E-state index in [9.17, 15) is 9.18 Å². The second-order valence-corrected chi connectivity index (χ2v) is 6.78. The van der Waals surface area contributed by atoms with Crippen molar-refractivity contribution in [1.82, 2.24) is 9.88 Å². The molecule has 128 valence electrons. The highest BCUT2D eigenvalue weighted by Gasteiger charge is 2.26. The van der Waals surface area contributed by atoms with Crippen LogP contribution >= 0.6 is 11.3 Å². The Morgan fingerprint density at radius 3 is 2.62 bits per heavy atom. The maximum atomic E-state index is 13.7. The molecule has 1 atom stereocenters. The molecular formula is C17H21FN4OS. The molecule has 1 N–H and O–H groups in total. The molecular weight excluding hydrogens is 327 g/mol. The number of piperazine rings is 1. The van der Waals surface area contributed by atoms with Crippen molar-refractivity contribution in [2.24, 2.45) is 0 Å². The average Bonchev–Trinajstić information content (AvgIpc) is 3.03. The smallest absolute Gasteiger partial charge is 0.241 e. The molecule has 1 saturated heterocycles. The van der Waals surface area contributed by atoms with Gasteiger partial charge in [-0.05, 0) is 26.0 Å². The van der Waals surface area contributed by atoms with E-state index in [4.69, 9.17) is 0 Å². The number of thiazole rings is 1. The van der Waals surface area contributed by atoms with Crippen LogP contribution in [0.4, 0.5) is 15.2 Å². The minimum atomic E-state index is -0.415. The molecule has 1 unspecified atom stereocenters. The first kappa shape index (κ1) is 16.9. The number of para-hydroxylation sites is 1. The highest BCUT2D eigenvalue weighted by atomic mass is 32.1. The van der Waals surface area contributed by atoms with E-state index in [0.29, 0.717) is 0 Å². The summed E-state index contributed by atoms with van der Waals surface area (Å²) in [4.78, 5) is 21.2. The van der Waals surface area contributed by atoms with Crippen LogP contribution in [-0.4, -0.2) is 48.0 Å². The van der Waals surface area contributed by atoms with Crippen molar-refractivity contribution in [1.29, 1.82) is 0 Å². The number of aryl methyl sites for hydroxylation is 1. The third-order valence-corrected chi connectivity index (χ3v) is 5.27. The van der Waals surface area contributed by atoms with Gasteiger partial charge in [0.05, 0.1) is 17.4 Å². The monoisotopic (exact) mass is 348 g/mol. The molecule has 1 fully saturated rings. The van der Waals surface area contributed by atoms with Crippen molar-refractivity contribution in [2.45, 2.75) is 19.9 Å². The summed E-state index contributed by atoms with van der Waals surface area (Å²) in [5, 5.41) is 5.76. The van der Waals surface area contributed by atoms with E-state index in [0.717, 1.165) is 37.0 Å². The van der Waals surface area contributed by atoms with E-state index in [1.54, 1.807) is 29.5 Å². The largest absolute Gasteiger partial charge is 0.346 e. The summed E-state index contributed by atoms with van der Waals surface area (Å²) in [6, 6.07) is 5.92. The van der Waals surface area contributed by atoms with Gasteiger partial charge in [0.15, 0.2) is 5.13 Å². The standard InChI is InChI=1S/C17H21FN4OS/c1-12-11-24-17(19-12)22-9-7-21(8-10-22)13(2)16(23)20-15-6-4-3-5-14(15)18/h3-6,11,13H,7-10H2,1-2H3,(H,20,23). The fourth-order valence-electron chi connectivity index (χ4n) is 2.75. The van der Waals surface area contributed by atoms with Gasteiger partial charge in [0, 0.05) is 31.6 Å². The molecule has 0 bridgehead atoms. The lowest BCUT2D eigenvalue weighted by molar-refractivity contribution is -0.120. The molecule has 1 aliphatic heterocycles. The highest BCUT2D eigenvalue weighted by molar-refractivity contribution is 7.13. The van der Waals surface area contributed by atoms with Crippen LogP contribution < -0.4 is 10.2 Å². The van der Waals surface area contributed by atoms with Crippen LogP contribution in [0.25, 0.3) is 0 Å². The second-order valence-electron chi connectivity index (χ2n) is 5.94. The first-order chi connectivity index (χ1) is 11.5. The first-order valence-electron chi connectivity index (χ1n) is 8.01. The Labute approximate surface area is 145 Å². The molecule has 0 aliphatic carbocycles. The Morgan fingerprint density at radius 2 is 2.00 bits per heavy atom. The summed E-state index contributed by atoms with van der Waals surface area (Å²) in [6.07, 6.45) is 0. The zero-order valence-corrected chi connectivity index (χ0v) is 14.6. The molecule has 0 saturated carbocycles. The van der Waals surface area contributed by atoms with E-state index < -0.39 is 5.82 Å². The molecule has 3 rings (SSSR count). The minimum absolute atomic E-state index is 0.182. The number of carbonyl (C=O) groups excluding carboxylic acids is 1. The Hall–Kier alpha value is -1.99. The fourth-order valence-corrected chi connectivity index (χ4v) is 3.61. The number of hydrogen-bond donors (Lipinski definition) is 1. The SMILES string of the molecule is Cc1csc(N2CCN(C(C)C(=O)Nc3ccccc3F)CC2)n1. The number of rotatable bonds is 4. The number of nitrogens with zero attached hydrogens (tertiary/aromatic N) is 3. The zero-order valence-electron chi connectivity index (χ0n) is 13.8. The van der Waals surface area contributed by atoms with Gasteiger partial charge in [-0.2, -0.15) is 0 Å². The summed E-state index contributed by atoms with van der Waals surface area (Å²) < 4.78 is 13.7. The molecule has 1 aromatic heterocycles. The van der Waals surface area contributed by atoms with Crippen LogP contribution in [-0.2, 0) is 4.79 Å². The van der Waals surface area contributed by atoms with Gasteiger partial charge in [-0.1, -0.05) is 12.1 Å². The average molecular weight is 348 g/mol. The third kappa shape index (κ3) is 3.73. The van der Waals surface area contributed by atoms with Crippen molar-refractivity contribution in [2.75, 3.05) is 36.4 Å². The quantitative estimate of drug-likeness (QED) is 0.923. The molecule has 0 radical (unpaired) electrons. The van der Waals surface area contributed by atoms with E-state index in [1.807, 2.05) is 19.2 Å². The molecule has 1 aromatic carbocycles. The molecule has 1 amide bonds. The van der Waals surface area contributed by atoms with Gasteiger partial charge in [-0.15, -0.1) is 11.3 Å². The number of carbonyl (C=O) groups is 1. The molecule has 24 heavy (non-hydrogen) atoms. The van der Waals surface area contributed by atoms with E-state index in [1.165, 1.54) is 6.07 Å². The summed E-state index contributed by atoms with van der Waals surface area (Å²) in [5.41, 5.74) is 1.27. The number of aromatic nitrogens is 1. The zero-order chi connectivity index (χ0) is 17.1. The minimum Gasteiger partial charge on any atom is -0.346 e. The maximum absolute atomic E-state index is 13.7. The van der Waals surface area contributed by atoms with Crippen LogP contribution in [0.2, 0.25) is 0 Å². The number of nitrogens with one attached hydrogen (secondary N) is 1. The predicted molar refractivity (Wildman–Crippen MR) is 95.1 cm³/mol. The van der Waals surface area contributed by atoms with Gasteiger partial charge in [-0.25, -0.2) is 9.37 Å². The summed E-state index contributed by atoms with van der Waals surface area (Å²) in [5.74, 6) is -0.597. The maximum Gasteiger partial charge on any atom is 0.241 e. The van der Waals surface area contributed by atoms with Crippen LogP contribution in [0.3, 0.4) is 0 Å². The summed E-state index contributed by atoms with van der Waals surface area (Å²) in [6.45, 7) is 7.09. The second kappa shape index (κ2) is 7.27. The number of amides is 1.